The first-order chi connectivity index (χ1) is 14.0. The molecule has 0 aromatic heterocycles. The molecule has 0 spiro atoms. The van der Waals surface area contributed by atoms with Crippen molar-refractivity contribution in [2.45, 2.75) is 58.9 Å². The van der Waals surface area contributed by atoms with Gasteiger partial charge < -0.3 is 4.74 Å². The smallest absolute Gasteiger partial charge is 0.118 e. The molecule has 1 aliphatic rings. The van der Waals surface area contributed by atoms with Crippen molar-refractivity contribution in [2.75, 3.05) is 20.2 Å². The van der Waals surface area contributed by atoms with Crippen molar-refractivity contribution < 1.29 is 4.74 Å². The maximum Gasteiger partial charge on any atom is 0.118 e. The zero-order chi connectivity index (χ0) is 20.7. The topological polar surface area (TPSA) is 12.5 Å². The highest BCUT2D eigenvalue weighted by atomic mass is 16.5. The van der Waals surface area contributed by atoms with Crippen LogP contribution in [0, 0.1) is 12.3 Å². The van der Waals surface area contributed by atoms with Gasteiger partial charge in [0.25, 0.3) is 0 Å². The van der Waals surface area contributed by atoms with Crippen molar-refractivity contribution in [1.29, 1.82) is 0 Å². The van der Waals surface area contributed by atoms with E-state index in [1.165, 1.54) is 73.9 Å². The first-order valence-corrected chi connectivity index (χ1v) is 11.0. The van der Waals surface area contributed by atoms with Gasteiger partial charge in [-0.2, -0.15) is 0 Å². The molecule has 1 fully saturated rings. The Morgan fingerprint density at radius 1 is 1.00 bits per heavy atom. The molecule has 0 saturated carbocycles. The molecule has 0 unspecified atom stereocenters. The van der Waals surface area contributed by atoms with Gasteiger partial charge >= 0.3 is 0 Å². The number of nitrogens with zero attached hydrogens (tertiary/aromatic N) is 1. The average molecular weight is 392 g/mol. The zero-order valence-electron chi connectivity index (χ0n) is 18.5. The SMILES string of the molecule is C=C(C)CC1(CCCc2ccc(C)cc2)CCN(Cc2ccc(OC)cc2)CC1. The second kappa shape index (κ2) is 10.1. The third-order valence-corrected chi connectivity index (χ3v) is 6.45. The third kappa shape index (κ3) is 6.47. The largest absolute Gasteiger partial charge is 0.497 e. The number of aryl methyl sites for hydroxylation is 2. The summed E-state index contributed by atoms with van der Waals surface area (Å²) in [4.78, 5) is 2.61. The minimum atomic E-state index is 0.437. The third-order valence-electron chi connectivity index (χ3n) is 6.45. The lowest BCUT2D eigenvalue weighted by molar-refractivity contribution is 0.0883. The maximum absolute atomic E-state index is 5.28. The molecule has 2 heteroatoms. The standard InChI is InChI=1S/C27H37NO/c1-22(2)20-27(15-5-6-24-9-7-23(3)8-10-24)16-18-28(19-17-27)21-25-11-13-26(29-4)14-12-25/h7-14H,1,5-6,15-21H2,2-4H3. The Bertz CT molecular complexity index is 767. The number of allylic oxidation sites excluding steroid dienone is 1. The van der Waals surface area contributed by atoms with E-state index in [4.69, 9.17) is 4.74 Å². The van der Waals surface area contributed by atoms with Gasteiger partial charge in [-0.15, -0.1) is 6.58 Å². The summed E-state index contributed by atoms with van der Waals surface area (Å²) in [5, 5.41) is 0. The molecule has 2 aromatic carbocycles. The van der Waals surface area contributed by atoms with E-state index >= 15 is 0 Å². The molecule has 0 bridgehead atoms. The number of hydrogen-bond acceptors (Lipinski definition) is 2. The molecule has 0 atom stereocenters. The summed E-state index contributed by atoms with van der Waals surface area (Å²) in [7, 11) is 1.72. The van der Waals surface area contributed by atoms with E-state index < -0.39 is 0 Å². The van der Waals surface area contributed by atoms with Gasteiger partial charge in [0.2, 0.25) is 0 Å². The summed E-state index contributed by atoms with van der Waals surface area (Å²) in [6.45, 7) is 12.0. The van der Waals surface area contributed by atoms with Crippen LogP contribution in [-0.2, 0) is 13.0 Å². The highest BCUT2D eigenvalue weighted by Crippen LogP contribution is 2.42. The Labute approximate surface area is 177 Å². The Balaban J connectivity index is 1.53. The molecule has 1 aliphatic heterocycles. The molecule has 2 aromatic rings. The molecule has 1 saturated heterocycles. The number of benzene rings is 2. The van der Waals surface area contributed by atoms with Crippen molar-refractivity contribution in [2.24, 2.45) is 5.41 Å². The van der Waals surface area contributed by atoms with Gasteiger partial charge in [-0.1, -0.05) is 47.5 Å². The number of ether oxygens (including phenoxy) is 1. The van der Waals surface area contributed by atoms with Crippen LogP contribution in [0.1, 0.15) is 55.7 Å². The summed E-state index contributed by atoms with van der Waals surface area (Å²) in [6, 6.07) is 17.6. The van der Waals surface area contributed by atoms with Crippen LogP contribution in [0.25, 0.3) is 0 Å². The molecule has 2 nitrogen and oxygen atoms in total. The van der Waals surface area contributed by atoms with E-state index in [0.29, 0.717) is 5.41 Å². The minimum absolute atomic E-state index is 0.437. The lowest BCUT2D eigenvalue weighted by Gasteiger charge is -2.42. The quantitative estimate of drug-likeness (QED) is 0.448. The summed E-state index contributed by atoms with van der Waals surface area (Å²) >= 11 is 0. The second-order valence-corrected chi connectivity index (χ2v) is 9.10. The number of likely N-dealkylation sites (tertiary alicyclic amines) is 1. The summed E-state index contributed by atoms with van der Waals surface area (Å²) in [5.74, 6) is 0.932. The minimum Gasteiger partial charge on any atom is -0.497 e. The molecular formula is C27H37NO. The summed E-state index contributed by atoms with van der Waals surface area (Å²) in [6.07, 6.45) is 7.51. The molecule has 0 N–H and O–H groups in total. The van der Waals surface area contributed by atoms with Gasteiger partial charge in [-0.25, -0.2) is 0 Å². The Hall–Kier alpha value is -2.06. The van der Waals surface area contributed by atoms with Crippen molar-refractivity contribution in [3.8, 4) is 5.75 Å². The Morgan fingerprint density at radius 3 is 2.21 bits per heavy atom. The van der Waals surface area contributed by atoms with E-state index in [-0.39, 0.29) is 0 Å². The predicted octanol–water partition coefficient (Wildman–Crippen LogP) is 6.57. The van der Waals surface area contributed by atoms with Gasteiger partial charge in [0.1, 0.15) is 5.75 Å². The highest BCUT2D eigenvalue weighted by Gasteiger charge is 2.33. The summed E-state index contributed by atoms with van der Waals surface area (Å²) < 4.78 is 5.28. The van der Waals surface area contributed by atoms with Gasteiger partial charge in [0.05, 0.1) is 7.11 Å². The van der Waals surface area contributed by atoms with E-state index in [0.717, 1.165) is 12.3 Å². The average Bonchev–Trinajstić information content (AvgIpc) is 2.71. The van der Waals surface area contributed by atoms with E-state index in [1.54, 1.807) is 7.11 Å². The fraction of sp³-hybridized carbons (Fsp3) is 0.481. The van der Waals surface area contributed by atoms with Crippen molar-refractivity contribution in [3.05, 3.63) is 77.4 Å². The molecule has 1 heterocycles. The number of methoxy groups -OCH3 is 1. The van der Waals surface area contributed by atoms with Crippen molar-refractivity contribution in [1.82, 2.24) is 4.90 Å². The van der Waals surface area contributed by atoms with E-state index in [1.807, 2.05) is 0 Å². The maximum atomic E-state index is 5.28. The number of hydrogen-bond donors (Lipinski definition) is 0. The lowest BCUT2D eigenvalue weighted by atomic mass is 9.70. The molecule has 0 aliphatic carbocycles. The molecular weight excluding hydrogens is 354 g/mol. The normalized spacial score (nSPS) is 16.5. The fourth-order valence-corrected chi connectivity index (χ4v) is 4.75. The van der Waals surface area contributed by atoms with E-state index in [2.05, 4.69) is 73.9 Å². The van der Waals surface area contributed by atoms with Crippen LogP contribution >= 0.6 is 0 Å². The monoisotopic (exact) mass is 391 g/mol. The fourth-order valence-electron chi connectivity index (χ4n) is 4.75. The van der Waals surface area contributed by atoms with Gasteiger partial charge in [0.15, 0.2) is 0 Å². The highest BCUT2D eigenvalue weighted by molar-refractivity contribution is 5.27. The Kier molecular flexibility index (Phi) is 7.55. The first-order valence-electron chi connectivity index (χ1n) is 11.0. The summed E-state index contributed by atoms with van der Waals surface area (Å²) in [5.41, 5.74) is 5.96. The van der Waals surface area contributed by atoms with Crippen LogP contribution in [-0.4, -0.2) is 25.1 Å². The molecule has 3 rings (SSSR count). The molecule has 0 radical (unpaired) electrons. The van der Waals surface area contributed by atoms with Crippen LogP contribution < -0.4 is 4.74 Å². The molecule has 156 valence electrons. The predicted molar refractivity (Wildman–Crippen MR) is 123 cm³/mol. The molecule has 29 heavy (non-hydrogen) atoms. The van der Waals surface area contributed by atoms with Crippen molar-refractivity contribution in [3.63, 3.8) is 0 Å². The number of piperidine rings is 1. The molecule has 0 amide bonds. The van der Waals surface area contributed by atoms with Gasteiger partial charge in [0, 0.05) is 6.54 Å². The van der Waals surface area contributed by atoms with Crippen LogP contribution in [0.15, 0.2) is 60.7 Å². The number of rotatable bonds is 9. The van der Waals surface area contributed by atoms with Crippen LogP contribution in [0.4, 0.5) is 0 Å². The van der Waals surface area contributed by atoms with Crippen molar-refractivity contribution >= 4 is 0 Å². The van der Waals surface area contributed by atoms with Crippen LogP contribution in [0.3, 0.4) is 0 Å². The van der Waals surface area contributed by atoms with Crippen LogP contribution in [0.5, 0.6) is 5.75 Å². The van der Waals surface area contributed by atoms with Gasteiger partial charge in [-0.3, -0.25) is 4.90 Å². The lowest BCUT2D eigenvalue weighted by Crippen LogP contribution is -2.40. The first kappa shape index (κ1) is 21.6. The zero-order valence-corrected chi connectivity index (χ0v) is 18.5. The van der Waals surface area contributed by atoms with Crippen LogP contribution in [0.2, 0.25) is 0 Å². The Morgan fingerprint density at radius 2 is 1.62 bits per heavy atom. The van der Waals surface area contributed by atoms with E-state index in [9.17, 15) is 0 Å². The second-order valence-electron chi connectivity index (χ2n) is 9.10. The van der Waals surface area contributed by atoms with Gasteiger partial charge in [-0.05, 0) is 94.1 Å².